The lowest BCUT2D eigenvalue weighted by molar-refractivity contribution is -0.141. The number of carboxylic acid groups (broad SMARTS) is 1. The lowest BCUT2D eigenvalue weighted by Crippen LogP contribution is -2.51. The Balaban J connectivity index is 0.000000246. The molecule has 5 N–H and O–H groups in total. The van der Waals surface area contributed by atoms with Crippen LogP contribution in [0.3, 0.4) is 0 Å². The third kappa shape index (κ3) is 9.96. The van der Waals surface area contributed by atoms with E-state index in [1.54, 1.807) is 0 Å². The molecular formula is C28H37F2N3O10S2. The summed E-state index contributed by atoms with van der Waals surface area (Å²) in [6.07, 6.45) is 1.93. The van der Waals surface area contributed by atoms with Gasteiger partial charge in [0.15, 0.2) is 0 Å². The van der Waals surface area contributed by atoms with Gasteiger partial charge in [-0.1, -0.05) is 0 Å². The summed E-state index contributed by atoms with van der Waals surface area (Å²) in [5.41, 5.74) is 1.85. The van der Waals surface area contributed by atoms with Gasteiger partial charge in [0.05, 0.1) is 9.79 Å². The molecule has 0 aliphatic carbocycles. The summed E-state index contributed by atoms with van der Waals surface area (Å²) >= 11 is 0. The Hall–Kier alpha value is -3.06. The van der Waals surface area contributed by atoms with Gasteiger partial charge in [-0.05, 0) is 98.9 Å². The molecule has 0 bridgehead atoms. The van der Waals surface area contributed by atoms with E-state index in [1.807, 2.05) is 0 Å². The number of rotatable bonds is 10. The second kappa shape index (κ2) is 16.0. The zero-order valence-electron chi connectivity index (χ0n) is 24.7. The number of halogens is 2. The van der Waals surface area contributed by atoms with Crippen molar-refractivity contribution in [3.63, 3.8) is 0 Å². The summed E-state index contributed by atoms with van der Waals surface area (Å²) in [5.74, 6) is -3.72. The number of aliphatic carboxylic acids is 1. The van der Waals surface area contributed by atoms with Crippen molar-refractivity contribution in [3.8, 4) is 0 Å². The van der Waals surface area contributed by atoms with Crippen molar-refractivity contribution >= 4 is 31.9 Å². The standard InChI is InChI=1S/C14H19FN2O5S.C14H18FNO5S/c1-9-8-11(2-3-12(9)15)23(20,21)17-13(14(18)16-19)10-4-6-22-7-5-10;1-9-8-11(2-3-12(9)15)22(19,20)16-13(14(17)18)10-4-6-21-7-5-10/h2-3,8,10,13,17,19H,4-7H2,1H3,(H,16,18);2-3,8,10,13,16H,4-7H2,1H3,(H,17,18)/t2*13-/m11/s1. The highest BCUT2D eigenvalue weighted by atomic mass is 32.2. The van der Waals surface area contributed by atoms with Crippen LogP contribution in [0, 0.1) is 37.3 Å². The largest absolute Gasteiger partial charge is 0.480 e. The molecule has 0 spiro atoms. The molecule has 45 heavy (non-hydrogen) atoms. The fourth-order valence-electron chi connectivity index (χ4n) is 4.92. The number of ether oxygens (including phenoxy) is 2. The highest BCUT2D eigenvalue weighted by molar-refractivity contribution is 7.89. The quantitative estimate of drug-likeness (QED) is 0.183. The Kier molecular flexibility index (Phi) is 12.9. The number of benzene rings is 2. The molecule has 250 valence electrons. The highest BCUT2D eigenvalue weighted by Gasteiger charge is 2.35. The van der Waals surface area contributed by atoms with Gasteiger partial charge in [-0.25, -0.2) is 31.1 Å². The van der Waals surface area contributed by atoms with Gasteiger partial charge >= 0.3 is 5.97 Å². The van der Waals surface area contributed by atoms with E-state index in [4.69, 9.17) is 14.7 Å². The molecule has 2 aromatic carbocycles. The van der Waals surface area contributed by atoms with Gasteiger partial charge in [0.1, 0.15) is 23.7 Å². The second-order valence-electron chi connectivity index (χ2n) is 10.7. The number of carbonyl (C=O) groups excluding carboxylic acids is 1. The molecule has 2 saturated heterocycles. The predicted molar refractivity (Wildman–Crippen MR) is 155 cm³/mol. The molecule has 2 heterocycles. The molecular weight excluding hydrogens is 640 g/mol. The number of hydroxylamine groups is 1. The Morgan fingerprint density at radius 2 is 1.13 bits per heavy atom. The fraction of sp³-hybridized carbons (Fsp3) is 0.500. The lowest BCUT2D eigenvalue weighted by atomic mass is 9.92. The number of carboxylic acids is 1. The maximum Gasteiger partial charge on any atom is 0.322 e. The van der Waals surface area contributed by atoms with Crippen molar-refractivity contribution in [2.45, 2.75) is 61.4 Å². The van der Waals surface area contributed by atoms with Gasteiger partial charge < -0.3 is 14.6 Å². The number of hydrogen-bond acceptors (Lipinski definition) is 9. The zero-order valence-corrected chi connectivity index (χ0v) is 26.3. The minimum atomic E-state index is -4.03. The zero-order chi connectivity index (χ0) is 33.4. The Labute approximate surface area is 260 Å². The molecule has 2 fully saturated rings. The number of aryl methyl sites for hydroxylation is 2. The molecule has 2 aliphatic rings. The summed E-state index contributed by atoms with van der Waals surface area (Å²) < 4.78 is 91.0. The molecule has 0 aromatic heterocycles. The normalized spacial score (nSPS) is 17.9. The van der Waals surface area contributed by atoms with Gasteiger partial charge in [0, 0.05) is 26.4 Å². The first kappa shape index (κ1) is 36.4. The van der Waals surface area contributed by atoms with Crippen LogP contribution in [0.5, 0.6) is 0 Å². The molecule has 13 nitrogen and oxygen atoms in total. The van der Waals surface area contributed by atoms with Crippen molar-refractivity contribution in [1.29, 1.82) is 0 Å². The first-order valence-electron chi connectivity index (χ1n) is 14.1. The maximum absolute atomic E-state index is 13.3. The van der Waals surface area contributed by atoms with Gasteiger partial charge in [0.25, 0.3) is 5.91 Å². The van der Waals surface area contributed by atoms with Crippen LogP contribution in [-0.2, 0) is 39.1 Å². The van der Waals surface area contributed by atoms with Crippen LogP contribution in [0.4, 0.5) is 8.78 Å². The minimum Gasteiger partial charge on any atom is -0.480 e. The SMILES string of the molecule is Cc1cc(S(=O)(=O)N[C@@H](C(=O)NO)C2CCOCC2)ccc1F.Cc1cc(S(=O)(=O)N[C@@H](C(=O)O)C2CCOCC2)ccc1F. The van der Waals surface area contributed by atoms with Crippen LogP contribution >= 0.6 is 0 Å². The van der Waals surface area contributed by atoms with Crippen molar-refractivity contribution in [1.82, 2.24) is 14.9 Å². The molecule has 0 saturated carbocycles. The summed E-state index contributed by atoms with van der Waals surface area (Å²) in [6, 6.07) is 4.37. The van der Waals surface area contributed by atoms with E-state index in [1.165, 1.54) is 31.5 Å². The number of sulfonamides is 2. The predicted octanol–water partition coefficient (Wildman–Crippen LogP) is 2.01. The van der Waals surface area contributed by atoms with Gasteiger partial charge in [-0.3, -0.25) is 14.8 Å². The van der Waals surface area contributed by atoms with E-state index in [0.29, 0.717) is 52.1 Å². The smallest absolute Gasteiger partial charge is 0.322 e. The van der Waals surface area contributed by atoms with E-state index >= 15 is 0 Å². The number of nitrogens with one attached hydrogen (secondary N) is 3. The highest BCUT2D eigenvalue weighted by Crippen LogP contribution is 2.23. The van der Waals surface area contributed by atoms with E-state index in [-0.39, 0.29) is 32.8 Å². The third-order valence-electron chi connectivity index (χ3n) is 7.58. The first-order valence-corrected chi connectivity index (χ1v) is 17.0. The molecule has 2 aliphatic heterocycles. The van der Waals surface area contributed by atoms with Crippen LogP contribution in [0.15, 0.2) is 46.2 Å². The van der Waals surface area contributed by atoms with Crippen LogP contribution in [0.2, 0.25) is 0 Å². The summed E-state index contributed by atoms with van der Waals surface area (Å²) in [4.78, 5) is 23.0. The third-order valence-corrected chi connectivity index (χ3v) is 10.5. The molecule has 0 radical (unpaired) electrons. The Bertz CT molecular complexity index is 1560. The van der Waals surface area contributed by atoms with Crippen LogP contribution in [-0.4, -0.2) is 77.5 Å². The lowest BCUT2D eigenvalue weighted by Gasteiger charge is -2.29. The minimum absolute atomic E-state index is 0.140. The number of carbonyl (C=O) groups is 2. The van der Waals surface area contributed by atoms with Gasteiger partial charge in [-0.2, -0.15) is 9.44 Å². The average molecular weight is 678 g/mol. The first-order chi connectivity index (χ1) is 21.2. The summed E-state index contributed by atoms with van der Waals surface area (Å²) in [6.45, 7) is 4.54. The van der Waals surface area contributed by atoms with E-state index in [2.05, 4.69) is 9.44 Å². The van der Waals surface area contributed by atoms with Crippen LogP contribution < -0.4 is 14.9 Å². The Morgan fingerprint density at radius 3 is 1.49 bits per heavy atom. The number of amides is 1. The molecule has 2 aromatic rings. The molecule has 0 unspecified atom stereocenters. The molecule has 17 heteroatoms. The van der Waals surface area contributed by atoms with Crippen molar-refractivity contribution in [2.24, 2.45) is 11.8 Å². The second-order valence-corrected chi connectivity index (χ2v) is 14.2. The molecule has 2 atom stereocenters. The van der Waals surface area contributed by atoms with Gasteiger partial charge in [0.2, 0.25) is 20.0 Å². The monoisotopic (exact) mass is 677 g/mol. The Morgan fingerprint density at radius 1 is 0.756 bits per heavy atom. The summed E-state index contributed by atoms with van der Waals surface area (Å²) in [7, 11) is -8.06. The van der Waals surface area contributed by atoms with Crippen molar-refractivity contribution in [3.05, 3.63) is 59.2 Å². The maximum atomic E-state index is 13.3. The van der Waals surface area contributed by atoms with Gasteiger partial charge in [-0.15, -0.1) is 0 Å². The van der Waals surface area contributed by atoms with E-state index < -0.39 is 55.6 Å². The molecule has 4 rings (SSSR count). The van der Waals surface area contributed by atoms with E-state index in [9.17, 15) is 40.3 Å². The average Bonchev–Trinajstić information content (AvgIpc) is 3.02. The fourth-order valence-corrected chi connectivity index (χ4v) is 7.61. The van der Waals surface area contributed by atoms with Crippen molar-refractivity contribution < 1.29 is 55.0 Å². The number of hydrogen-bond donors (Lipinski definition) is 5. The van der Waals surface area contributed by atoms with Crippen molar-refractivity contribution in [2.75, 3.05) is 26.4 Å². The van der Waals surface area contributed by atoms with E-state index in [0.717, 1.165) is 24.3 Å². The van der Waals surface area contributed by atoms with Crippen LogP contribution in [0.1, 0.15) is 36.8 Å². The van der Waals surface area contributed by atoms with Crippen LogP contribution in [0.25, 0.3) is 0 Å². The molecule has 1 amide bonds. The topological polar surface area (TPSA) is 197 Å². The summed E-state index contributed by atoms with van der Waals surface area (Å²) in [5, 5.41) is 18.2.